The summed E-state index contributed by atoms with van der Waals surface area (Å²) in [5.41, 5.74) is 2.28. The second-order valence-electron chi connectivity index (χ2n) is 10.6. The van der Waals surface area contributed by atoms with Crippen molar-refractivity contribution in [2.45, 2.75) is 45.7 Å². The van der Waals surface area contributed by atoms with Crippen LogP contribution in [0.1, 0.15) is 37.8 Å². The lowest BCUT2D eigenvalue weighted by molar-refractivity contribution is -0.141. The molecule has 0 heterocycles. The maximum absolute atomic E-state index is 13.9. The van der Waals surface area contributed by atoms with E-state index in [-0.39, 0.29) is 43.7 Å². The number of carbonyl (C=O) groups excluding carboxylic acids is 2. The predicted octanol–water partition coefficient (Wildman–Crippen LogP) is 5.42. The Morgan fingerprint density at radius 3 is 2.29 bits per heavy atom. The van der Waals surface area contributed by atoms with Crippen LogP contribution in [-0.2, 0) is 32.6 Å². The molecule has 0 aromatic heterocycles. The number of rotatable bonds is 15. The Morgan fingerprint density at radius 1 is 0.952 bits per heavy atom. The fraction of sp³-hybridized carbons (Fsp3) is 0.375. The zero-order valence-corrected chi connectivity index (χ0v) is 27.0. The zero-order valence-electron chi connectivity index (χ0n) is 24.6. The van der Waals surface area contributed by atoms with Gasteiger partial charge in [-0.25, -0.2) is 8.42 Å². The highest BCUT2D eigenvalue weighted by Crippen LogP contribution is 2.24. The molecular weight excluding hydrogens is 618 g/mol. The van der Waals surface area contributed by atoms with Gasteiger partial charge in [-0.05, 0) is 47.7 Å². The Labute approximate surface area is 258 Å². The van der Waals surface area contributed by atoms with Crippen LogP contribution in [0.25, 0.3) is 0 Å². The van der Waals surface area contributed by atoms with Gasteiger partial charge < -0.3 is 15.0 Å². The van der Waals surface area contributed by atoms with Crippen LogP contribution >= 0.6 is 15.9 Å². The highest BCUT2D eigenvalue weighted by atomic mass is 79.9. The number of amides is 2. The van der Waals surface area contributed by atoms with Gasteiger partial charge in [-0.2, -0.15) is 0 Å². The van der Waals surface area contributed by atoms with Gasteiger partial charge in [0.15, 0.2) is 0 Å². The molecular formula is C32H40BrN3O5S. The number of nitrogens with zero attached hydrogens (tertiary/aromatic N) is 2. The van der Waals surface area contributed by atoms with Crippen molar-refractivity contribution < 1.29 is 22.7 Å². The fourth-order valence-corrected chi connectivity index (χ4v) is 5.98. The van der Waals surface area contributed by atoms with E-state index in [1.165, 1.54) is 11.4 Å². The Bertz CT molecular complexity index is 1430. The number of hydrogen-bond acceptors (Lipinski definition) is 5. The number of carbonyl (C=O) groups is 2. The lowest BCUT2D eigenvalue weighted by atomic mass is 10.0. The first-order valence-electron chi connectivity index (χ1n) is 13.9. The number of ether oxygens (including phenoxy) is 1. The minimum Gasteiger partial charge on any atom is -0.497 e. The average Bonchev–Trinajstić information content (AvgIpc) is 2.95. The Morgan fingerprint density at radius 2 is 1.64 bits per heavy atom. The monoisotopic (exact) mass is 657 g/mol. The molecule has 0 radical (unpaired) electrons. The van der Waals surface area contributed by atoms with Crippen LogP contribution in [0.15, 0.2) is 83.3 Å². The van der Waals surface area contributed by atoms with E-state index in [0.29, 0.717) is 24.4 Å². The van der Waals surface area contributed by atoms with Gasteiger partial charge in [0.25, 0.3) is 0 Å². The van der Waals surface area contributed by atoms with E-state index in [1.54, 1.807) is 29.2 Å². The van der Waals surface area contributed by atoms with Gasteiger partial charge in [-0.3, -0.25) is 13.9 Å². The molecule has 226 valence electrons. The molecule has 8 nitrogen and oxygen atoms in total. The summed E-state index contributed by atoms with van der Waals surface area (Å²) in [4.78, 5) is 29.1. The van der Waals surface area contributed by atoms with Gasteiger partial charge in [0, 0.05) is 43.0 Å². The zero-order chi connectivity index (χ0) is 30.7. The topological polar surface area (TPSA) is 96.0 Å². The van der Waals surface area contributed by atoms with Crippen LogP contribution in [0.3, 0.4) is 0 Å². The molecule has 0 aliphatic rings. The third-order valence-electron chi connectivity index (χ3n) is 6.69. The number of benzene rings is 3. The van der Waals surface area contributed by atoms with Gasteiger partial charge in [-0.1, -0.05) is 78.3 Å². The highest BCUT2D eigenvalue weighted by Gasteiger charge is 2.30. The first kappa shape index (κ1) is 33.1. The van der Waals surface area contributed by atoms with E-state index in [1.807, 2.05) is 68.4 Å². The molecule has 1 N–H and O–H groups in total. The van der Waals surface area contributed by atoms with Gasteiger partial charge in [0.05, 0.1) is 19.1 Å². The molecule has 0 fully saturated rings. The summed E-state index contributed by atoms with van der Waals surface area (Å²) in [6.45, 7) is 4.87. The van der Waals surface area contributed by atoms with E-state index in [9.17, 15) is 18.0 Å². The van der Waals surface area contributed by atoms with E-state index in [0.717, 1.165) is 21.9 Å². The first-order valence-corrected chi connectivity index (χ1v) is 16.6. The second kappa shape index (κ2) is 15.7. The van der Waals surface area contributed by atoms with Gasteiger partial charge >= 0.3 is 0 Å². The maximum Gasteiger partial charge on any atom is 0.243 e. The predicted molar refractivity (Wildman–Crippen MR) is 171 cm³/mol. The lowest BCUT2D eigenvalue weighted by Crippen LogP contribution is -2.51. The molecule has 0 bridgehead atoms. The first-order chi connectivity index (χ1) is 20.0. The molecule has 0 aliphatic heterocycles. The molecule has 0 spiro atoms. The third-order valence-corrected chi connectivity index (χ3v) is 8.38. The highest BCUT2D eigenvalue weighted by molar-refractivity contribution is 9.10. The second-order valence-corrected chi connectivity index (χ2v) is 13.5. The van der Waals surface area contributed by atoms with Crippen LogP contribution in [0.4, 0.5) is 5.69 Å². The van der Waals surface area contributed by atoms with Crippen LogP contribution in [-0.4, -0.2) is 57.6 Å². The molecule has 3 rings (SSSR count). The average molecular weight is 659 g/mol. The van der Waals surface area contributed by atoms with E-state index in [2.05, 4.69) is 21.2 Å². The quantitative estimate of drug-likeness (QED) is 0.236. The van der Waals surface area contributed by atoms with E-state index >= 15 is 0 Å². The van der Waals surface area contributed by atoms with E-state index < -0.39 is 16.1 Å². The molecule has 0 saturated carbocycles. The summed E-state index contributed by atoms with van der Waals surface area (Å²) >= 11 is 3.50. The fourth-order valence-electron chi connectivity index (χ4n) is 4.58. The normalized spacial score (nSPS) is 12.0. The van der Waals surface area contributed by atoms with Gasteiger partial charge in [0.1, 0.15) is 11.8 Å². The minimum absolute atomic E-state index is 0.0622. The third kappa shape index (κ3) is 10.2. The molecule has 0 aliphatic carbocycles. The maximum atomic E-state index is 13.9. The molecule has 42 heavy (non-hydrogen) atoms. The van der Waals surface area contributed by atoms with Crippen molar-refractivity contribution in [2.24, 2.45) is 5.92 Å². The number of methoxy groups -OCH3 is 1. The largest absolute Gasteiger partial charge is 0.497 e. The molecule has 3 aromatic carbocycles. The van der Waals surface area contributed by atoms with Crippen molar-refractivity contribution in [3.05, 3.63) is 94.5 Å². The van der Waals surface area contributed by atoms with E-state index in [4.69, 9.17) is 4.74 Å². The lowest BCUT2D eigenvalue weighted by Gasteiger charge is -2.32. The molecule has 2 amide bonds. The molecule has 1 atom stereocenters. The SMILES string of the molecule is COc1cccc(N(CCCC(=O)N(Cc2cccc(Br)c2)[C@H](Cc2ccccc2)C(=O)NCC(C)C)S(C)(=O)=O)c1. The summed E-state index contributed by atoms with van der Waals surface area (Å²) in [6, 6.07) is 23.4. The standard InChI is InChI=1S/C32H40BrN3O5S/c1-24(2)22-34-32(38)30(20-25-11-6-5-7-12-25)35(23-26-13-8-14-27(33)19-26)31(37)17-10-18-36(42(4,39)40)28-15-9-16-29(21-28)41-3/h5-9,11-16,19,21,24,30H,10,17-18,20,22-23H2,1-4H3,(H,34,38)/t30-/m1/s1. The van der Waals surface area contributed by atoms with Crippen molar-refractivity contribution in [3.63, 3.8) is 0 Å². The molecule has 0 saturated heterocycles. The number of anilines is 1. The number of hydrogen-bond donors (Lipinski definition) is 1. The number of halogens is 1. The van der Waals surface area contributed by atoms with Crippen LogP contribution in [0.2, 0.25) is 0 Å². The van der Waals surface area contributed by atoms with Crippen LogP contribution in [0.5, 0.6) is 5.75 Å². The van der Waals surface area contributed by atoms with Crippen molar-refractivity contribution in [2.75, 3.05) is 30.8 Å². The summed E-state index contributed by atoms with van der Waals surface area (Å²) in [7, 11) is -2.10. The molecule has 0 unspecified atom stereocenters. The van der Waals surface area contributed by atoms with Crippen molar-refractivity contribution >= 4 is 43.5 Å². The number of sulfonamides is 1. The Balaban J connectivity index is 1.88. The van der Waals surface area contributed by atoms with Gasteiger partial charge in [-0.15, -0.1) is 0 Å². The van der Waals surface area contributed by atoms with Crippen LogP contribution < -0.4 is 14.4 Å². The summed E-state index contributed by atoms with van der Waals surface area (Å²) < 4.78 is 32.8. The smallest absolute Gasteiger partial charge is 0.243 e. The summed E-state index contributed by atoms with van der Waals surface area (Å²) in [5.74, 6) is 0.340. The Kier molecular flexibility index (Phi) is 12.4. The Hall–Kier alpha value is -3.37. The molecule has 3 aromatic rings. The van der Waals surface area contributed by atoms with Gasteiger partial charge in [0.2, 0.25) is 21.8 Å². The molecule has 10 heteroatoms. The van der Waals surface area contributed by atoms with Crippen molar-refractivity contribution in [1.82, 2.24) is 10.2 Å². The summed E-state index contributed by atoms with van der Waals surface area (Å²) in [6.07, 6.45) is 1.82. The van der Waals surface area contributed by atoms with Crippen LogP contribution in [0, 0.1) is 5.92 Å². The van der Waals surface area contributed by atoms with Crippen molar-refractivity contribution in [3.8, 4) is 5.75 Å². The van der Waals surface area contributed by atoms with Crippen molar-refractivity contribution in [1.29, 1.82) is 0 Å². The summed E-state index contributed by atoms with van der Waals surface area (Å²) in [5, 5.41) is 3.02. The minimum atomic E-state index is -3.62. The number of nitrogens with one attached hydrogen (secondary N) is 1.